The van der Waals surface area contributed by atoms with Crippen molar-refractivity contribution >= 4 is 59.4 Å². The molecule has 1 heterocycles. The van der Waals surface area contributed by atoms with Crippen molar-refractivity contribution in [1.82, 2.24) is 9.80 Å². The van der Waals surface area contributed by atoms with Crippen molar-refractivity contribution in [1.29, 1.82) is 0 Å². The van der Waals surface area contributed by atoms with Crippen LogP contribution in [0.5, 0.6) is 11.5 Å². The van der Waals surface area contributed by atoms with Gasteiger partial charge in [0.2, 0.25) is 11.6 Å². The zero-order valence-corrected chi connectivity index (χ0v) is 22.7. The van der Waals surface area contributed by atoms with Crippen LogP contribution >= 0.6 is 36.4 Å². The average Bonchev–Trinajstić information content (AvgIpc) is 3.26. The van der Waals surface area contributed by atoms with Crippen LogP contribution in [0.4, 0.5) is 11.4 Å². The topological polar surface area (TPSA) is 105 Å². The third-order valence-corrected chi connectivity index (χ3v) is 6.90. The van der Waals surface area contributed by atoms with Gasteiger partial charge in [0.15, 0.2) is 0 Å². The standard InChI is InChI=1S/C25H31ClN4O4.2ClH/c1-29(2)12-9-27-16-5-6-17(28-10-13-30-11-3-4-15(30)14-26)21-20(16)24(33)22-18(31)7-8-19(32)23(22)25(21)34;;/h5-8,15,27-28,31-32H,3-4,9-14H2,1-2H3;2*1H. The number of ketones is 2. The van der Waals surface area contributed by atoms with Crippen LogP contribution in [0.15, 0.2) is 24.3 Å². The maximum Gasteiger partial charge on any atom is 0.200 e. The highest BCUT2D eigenvalue weighted by Crippen LogP contribution is 2.42. The minimum absolute atomic E-state index is 0. The predicted octanol–water partition coefficient (Wildman–Crippen LogP) is 3.81. The third kappa shape index (κ3) is 5.84. The second kappa shape index (κ2) is 12.8. The van der Waals surface area contributed by atoms with E-state index in [1.165, 1.54) is 12.1 Å². The first kappa shape index (κ1) is 30.0. The number of benzene rings is 2. The van der Waals surface area contributed by atoms with E-state index in [0.717, 1.165) is 32.5 Å². The summed E-state index contributed by atoms with van der Waals surface area (Å²) in [7, 11) is 3.90. The summed E-state index contributed by atoms with van der Waals surface area (Å²) in [5, 5.41) is 27.3. The van der Waals surface area contributed by atoms with Gasteiger partial charge >= 0.3 is 0 Å². The molecule has 0 saturated carbocycles. The number of likely N-dealkylation sites (N-methyl/N-ethyl adjacent to an activating group) is 1. The molecule has 1 saturated heterocycles. The zero-order chi connectivity index (χ0) is 24.4. The molecule has 0 bridgehead atoms. The maximum atomic E-state index is 13.6. The maximum absolute atomic E-state index is 13.6. The number of hydrogen-bond acceptors (Lipinski definition) is 8. The first-order chi connectivity index (χ1) is 16.3. The molecule has 1 atom stereocenters. The number of halogens is 3. The summed E-state index contributed by atoms with van der Waals surface area (Å²) in [5.74, 6) is -1.03. The predicted molar refractivity (Wildman–Crippen MR) is 148 cm³/mol. The summed E-state index contributed by atoms with van der Waals surface area (Å²) in [5.41, 5.74) is 1.16. The van der Waals surface area contributed by atoms with Crippen molar-refractivity contribution in [2.45, 2.75) is 18.9 Å². The molecule has 4 rings (SSSR count). The van der Waals surface area contributed by atoms with Crippen LogP contribution in [0, 0.1) is 0 Å². The molecule has 4 N–H and O–H groups in total. The normalized spacial score (nSPS) is 16.7. The Kier molecular flexibility index (Phi) is 10.7. The van der Waals surface area contributed by atoms with Gasteiger partial charge in [-0.2, -0.15) is 0 Å². The van der Waals surface area contributed by atoms with Gasteiger partial charge in [-0.25, -0.2) is 0 Å². The van der Waals surface area contributed by atoms with Crippen LogP contribution < -0.4 is 10.6 Å². The summed E-state index contributed by atoms with van der Waals surface area (Å²) in [6, 6.07) is 6.39. The molecule has 198 valence electrons. The van der Waals surface area contributed by atoms with Crippen molar-refractivity contribution < 1.29 is 19.8 Å². The Morgan fingerprint density at radius 3 is 1.94 bits per heavy atom. The van der Waals surface area contributed by atoms with E-state index >= 15 is 0 Å². The molecule has 1 aliphatic carbocycles. The number of fused-ring (bicyclic) bond motifs is 2. The molecule has 1 fully saturated rings. The molecule has 11 heteroatoms. The van der Waals surface area contributed by atoms with E-state index in [2.05, 4.69) is 15.5 Å². The van der Waals surface area contributed by atoms with Gasteiger partial charge in [-0.1, -0.05) is 0 Å². The van der Waals surface area contributed by atoms with E-state index in [1.807, 2.05) is 19.0 Å². The van der Waals surface area contributed by atoms with Crippen LogP contribution in [0.1, 0.15) is 44.7 Å². The molecule has 2 aliphatic rings. The highest BCUT2D eigenvalue weighted by molar-refractivity contribution is 6.33. The van der Waals surface area contributed by atoms with Crippen molar-refractivity contribution in [3.05, 3.63) is 46.5 Å². The minimum atomic E-state index is -0.490. The number of rotatable bonds is 9. The summed E-state index contributed by atoms with van der Waals surface area (Å²) in [4.78, 5) is 31.4. The van der Waals surface area contributed by atoms with E-state index < -0.39 is 11.6 Å². The van der Waals surface area contributed by atoms with E-state index in [-0.39, 0.29) is 58.6 Å². The Morgan fingerprint density at radius 1 is 0.917 bits per heavy atom. The molecule has 8 nitrogen and oxygen atoms in total. The van der Waals surface area contributed by atoms with Crippen LogP contribution in [0.25, 0.3) is 0 Å². The van der Waals surface area contributed by atoms with Crippen LogP contribution in [0.3, 0.4) is 0 Å². The first-order valence-electron chi connectivity index (χ1n) is 11.6. The molecule has 2 aromatic carbocycles. The quantitative estimate of drug-likeness (QED) is 0.232. The molecule has 0 aromatic heterocycles. The van der Waals surface area contributed by atoms with Crippen molar-refractivity contribution in [3.8, 4) is 11.5 Å². The Hall–Kier alpha value is -2.23. The highest BCUT2D eigenvalue weighted by atomic mass is 35.5. The van der Waals surface area contributed by atoms with Gasteiger partial charge in [-0.05, 0) is 57.7 Å². The Labute approximate surface area is 228 Å². The van der Waals surface area contributed by atoms with E-state index in [0.29, 0.717) is 36.4 Å². The van der Waals surface area contributed by atoms with E-state index in [1.54, 1.807) is 12.1 Å². The molecular formula is C25H33Cl3N4O4. The third-order valence-electron chi connectivity index (χ3n) is 6.54. The lowest BCUT2D eigenvalue weighted by Gasteiger charge is -2.26. The fourth-order valence-electron chi connectivity index (χ4n) is 4.77. The largest absolute Gasteiger partial charge is 0.507 e. The Bertz CT molecular complexity index is 1110. The van der Waals surface area contributed by atoms with Gasteiger partial charge in [-0.15, -0.1) is 36.4 Å². The van der Waals surface area contributed by atoms with E-state index in [9.17, 15) is 19.8 Å². The molecule has 2 aromatic rings. The molecule has 0 radical (unpaired) electrons. The molecule has 0 spiro atoms. The number of phenolic OH excluding ortho intramolecular Hbond substituents is 2. The van der Waals surface area contributed by atoms with E-state index in [4.69, 9.17) is 11.6 Å². The number of anilines is 2. The molecule has 36 heavy (non-hydrogen) atoms. The number of nitrogens with one attached hydrogen (secondary N) is 2. The van der Waals surface area contributed by atoms with Crippen LogP contribution in [-0.4, -0.2) is 90.3 Å². The van der Waals surface area contributed by atoms with Gasteiger partial charge in [0.1, 0.15) is 11.5 Å². The number of carbonyl (C=O) groups excluding carboxylic acids is 2. The van der Waals surface area contributed by atoms with Crippen LogP contribution in [0.2, 0.25) is 0 Å². The van der Waals surface area contributed by atoms with Crippen LogP contribution in [-0.2, 0) is 0 Å². The molecule has 1 aliphatic heterocycles. The average molecular weight is 560 g/mol. The van der Waals surface area contributed by atoms with Gasteiger partial charge in [-0.3, -0.25) is 14.5 Å². The lowest BCUT2D eigenvalue weighted by molar-refractivity contribution is 0.0975. The minimum Gasteiger partial charge on any atom is -0.507 e. The first-order valence-corrected chi connectivity index (χ1v) is 12.1. The zero-order valence-electron chi connectivity index (χ0n) is 20.3. The number of phenols is 2. The second-order valence-corrected chi connectivity index (χ2v) is 9.37. The lowest BCUT2D eigenvalue weighted by Crippen LogP contribution is -2.35. The summed E-state index contributed by atoms with van der Waals surface area (Å²) < 4.78 is 0. The van der Waals surface area contributed by atoms with Gasteiger partial charge in [0, 0.05) is 49.5 Å². The second-order valence-electron chi connectivity index (χ2n) is 9.07. The van der Waals surface area contributed by atoms with Gasteiger partial charge in [0.05, 0.1) is 22.3 Å². The molecular weight excluding hydrogens is 527 g/mol. The van der Waals surface area contributed by atoms with Gasteiger partial charge < -0.3 is 25.7 Å². The van der Waals surface area contributed by atoms with Crippen molar-refractivity contribution in [3.63, 3.8) is 0 Å². The molecule has 0 amide bonds. The summed E-state index contributed by atoms with van der Waals surface area (Å²) >= 11 is 6.08. The van der Waals surface area contributed by atoms with Crippen molar-refractivity contribution in [2.75, 3.05) is 63.3 Å². The number of nitrogens with zero attached hydrogens (tertiary/aromatic N) is 2. The van der Waals surface area contributed by atoms with Crippen molar-refractivity contribution in [2.24, 2.45) is 0 Å². The number of alkyl halides is 1. The SMILES string of the molecule is CN(C)CCNc1ccc(NCCN2CCCC2CCl)c2c1C(=O)c1c(O)ccc(O)c1C2=O.Cl.Cl. The van der Waals surface area contributed by atoms with Gasteiger partial charge in [0.25, 0.3) is 0 Å². The number of hydrogen-bond donors (Lipinski definition) is 4. The fraction of sp³-hybridized carbons (Fsp3) is 0.440. The monoisotopic (exact) mass is 558 g/mol. The fourth-order valence-corrected chi connectivity index (χ4v) is 5.12. The number of likely N-dealkylation sites (tertiary alicyclic amines) is 1. The smallest absolute Gasteiger partial charge is 0.200 e. The summed E-state index contributed by atoms with van der Waals surface area (Å²) in [6.45, 7) is 3.63. The molecule has 1 unspecified atom stereocenters. The lowest BCUT2D eigenvalue weighted by atomic mass is 9.81. The Balaban J connectivity index is 0.00000228. The Morgan fingerprint density at radius 2 is 1.44 bits per heavy atom. The highest BCUT2D eigenvalue weighted by Gasteiger charge is 2.38. The summed E-state index contributed by atoms with van der Waals surface area (Å²) in [6.07, 6.45) is 2.20. The number of aromatic hydroxyl groups is 2. The number of carbonyl (C=O) groups is 2.